The van der Waals surface area contributed by atoms with Crippen LogP contribution in [-0.4, -0.2) is 46.5 Å². The molecule has 1 aliphatic rings. The van der Waals surface area contributed by atoms with Gasteiger partial charge in [0.15, 0.2) is 0 Å². The highest BCUT2D eigenvalue weighted by Crippen LogP contribution is 2.24. The predicted molar refractivity (Wildman–Crippen MR) is 154 cm³/mol. The Morgan fingerprint density at radius 1 is 0.846 bits per heavy atom. The van der Waals surface area contributed by atoms with Gasteiger partial charge in [-0.25, -0.2) is 9.37 Å². The van der Waals surface area contributed by atoms with Crippen LogP contribution in [0, 0.1) is 12.7 Å². The molecule has 0 bridgehead atoms. The van der Waals surface area contributed by atoms with Crippen LogP contribution in [0.25, 0.3) is 16.7 Å². The van der Waals surface area contributed by atoms with Crippen LogP contribution in [0.15, 0.2) is 97.1 Å². The molecular weight excluding hydrogens is 489 g/mol. The average Bonchev–Trinajstić information content (AvgIpc) is 3.30. The Balaban J connectivity index is 1.10. The van der Waals surface area contributed by atoms with Crippen molar-refractivity contribution in [3.8, 4) is 5.69 Å². The Morgan fingerprint density at radius 3 is 2.28 bits per heavy atom. The van der Waals surface area contributed by atoms with E-state index >= 15 is 0 Å². The molecule has 7 heteroatoms. The summed E-state index contributed by atoms with van der Waals surface area (Å²) in [4.78, 5) is 22.6. The van der Waals surface area contributed by atoms with E-state index in [1.54, 1.807) is 18.2 Å². The smallest absolute Gasteiger partial charge is 0.255 e. The van der Waals surface area contributed by atoms with E-state index in [1.807, 2.05) is 35.8 Å². The molecule has 0 spiro atoms. The van der Waals surface area contributed by atoms with Gasteiger partial charge in [-0.1, -0.05) is 30.3 Å². The molecule has 1 N–H and O–H groups in total. The molecule has 6 rings (SSSR count). The first-order valence-corrected chi connectivity index (χ1v) is 13.2. The van der Waals surface area contributed by atoms with Gasteiger partial charge in [0.25, 0.3) is 5.91 Å². The Kier molecular flexibility index (Phi) is 6.82. The van der Waals surface area contributed by atoms with Crippen LogP contribution in [0.3, 0.4) is 0 Å². The number of benzene rings is 4. The van der Waals surface area contributed by atoms with E-state index in [-0.39, 0.29) is 11.7 Å². The number of hydrogen-bond acceptors (Lipinski definition) is 4. The minimum Gasteiger partial charge on any atom is -0.369 e. The number of nitrogens with zero attached hydrogens (tertiary/aromatic N) is 4. The molecule has 1 aromatic heterocycles. The summed E-state index contributed by atoms with van der Waals surface area (Å²) in [5.41, 5.74) is 6.17. The number of carbonyl (C=O) groups excluding carboxylic acids is 1. The number of anilines is 2. The second-order valence-electron chi connectivity index (χ2n) is 9.92. The van der Waals surface area contributed by atoms with E-state index in [4.69, 9.17) is 0 Å². The first-order chi connectivity index (χ1) is 19.0. The average molecular weight is 520 g/mol. The molecule has 2 heterocycles. The maximum absolute atomic E-state index is 13.5. The molecule has 4 aromatic carbocycles. The van der Waals surface area contributed by atoms with Crippen molar-refractivity contribution in [2.24, 2.45) is 0 Å². The number of nitrogens with one attached hydrogen (secondary N) is 1. The minimum absolute atomic E-state index is 0.189. The molecule has 0 atom stereocenters. The van der Waals surface area contributed by atoms with E-state index < -0.39 is 0 Å². The highest BCUT2D eigenvalue weighted by molar-refractivity contribution is 6.06. The molecule has 0 unspecified atom stereocenters. The SMILES string of the molecule is Cc1nc2ccc(C(=O)Nc3ccc(CN4CCN(c5ccccc5)CC4)cc3)cc2n1-c1ccc(F)cc1. The van der Waals surface area contributed by atoms with Gasteiger partial charge in [0.1, 0.15) is 11.6 Å². The van der Waals surface area contributed by atoms with Gasteiger partial charge in [0.2, 0.25) is 0 Å². The summed E-state index contributed by atoms with van der Waals surface area (Å²) in [7, 11) is 0. The van der Waals surface area contributed by atoms with Crippen molar-refractivity contribution in [2.75, 3.05) is 36.4 Å². The van der Waals surface area contributed by atoms with Crippen molar-refractivity contribution < 1.29 is 9.18 Å². The van der Waals surface area contributed by atoms with Crippen molar-refractivity contribution >= 4 is 28.3 Å². The molecule has 5 aromatic rings. The van der Waals surface area contributed by atoms with Gasteiger partial charge in [0, 0.05) is 55.3 Å². The maximum atomic E-state index is 13.5. The zero-order valence-corrected chi connectivity index (χ0v) is 21.8. The van der Waals surface area contributed by atoms with Crippen LogP contribution >= 0.6 is 0 Å². The lowest BCUT2D eigenvalue weighted by Crippen LogP contribution is -2.45. The number of hydrogen-bond donors (Lipinski definition) is 1. The molecule has 0 radical (unpaired) electrons. The number of aryl methyl sites for hydroxylation is 1. The number of halogens is 1. The molecule has 1 amide bonds. The lowest BCUT2D eigenvalue weighted by atomic mass is 10.1. The number of fused-ring (bicyclic) bond motifs is 1. The number of amides is 1. The van der Waals surface area contributed by atoms with Crippen molar-refractivity contribution in [1.29, 1.82) is 0 Å². The molecule has 1 fully saturated rings. The molecule has 39 heavy (non-hydrogen) atoms. The molecule has 1 aliphatic heterocycles. The van der Waals surface area contributed by atoms with E-state index in [0.29, 0.717) is 5.56 Å². The van der Waals surface area contributed by atoms with E-state index in [1.165, 1.54) is 23.4 Å². The number of carbonyl (C=O) groups is 1. The van der Waals surface area contributed by atoms with Crippen LogP contribution < -0.4 is 10.2 Å². The van der Waals surface area contributed by atoms with Crippen LogP contribution in [0.2, 0.25) is 0 Å². The fourth-order valence-corrected chi connectivity index (χ4v) is 5.21. The highest BCUT2D eigenvalue weighted by atomic mass is 19.1. The third kappa shape index (κ3) is 5.40. The summed E-state index contributed by atoms with van der Waals surface area (Å²) in [5.74, 6) is 0.287. The number of imidazole rings is 1. The second-order valence-corrected chi connectivity index (χ2v) is 9.92. The van der Waals surface area contributed by atoms with Gasteiger partial charge < -0.3 is 10.2 Å². The fraction of sp³-hybridized carbons (Fsp3) is 0.188. The molecule has 0 saturated carbocycles. The van der Waals surface area contributed by atoms with Crippen molar-refractivity contribution in [3.05, 3.63) is 120 Å². The van der Waals surface area contributed by atoms with Crippen LogP contribution in [0.5, 0.6) is 0 Å². The summed E-state index contributed by atoms with van der Waals surface area (Å²) in [5, 5.41) is 3.01. The first-order valence-electron chi connectivity index (χ1n) is 13.2. The molecular formula is C32H30FN5O. The summed E-state index contributed by atoms with van der Waals surface area (Å²) in [6.07, 6.45) is 0. The third-order valence-corrected chi connectivity index (χ3v) is 7.28. The van der Waals surface area contributed by atoms with Crippen LogP contribution in [0.1, 0.15) is 21.7 Å². The number of piperazine rings is 1. The third-order valence-electron chi connectivity index (χ3n) is 7.28. The van der Waals surface area contributed by atoms with Gasteiger partial charge >= 0.3 is 0 Å². The number of aromatic nitrogens is 2. The minimum atomic E-state index is -0.294. The van der Waals surface area contributed by atoms with Crippen LogP contribution in [-0.2, 0) is 6.54 Å². The molecule has 1 saturated heterocycles. The van der Waals surface area contributed by atoms with Gasteiger partial charge in [-0.2, -0.15) is 0 Å². The van der Waals surface area contributed by atoms with Gasteiger partial charge in [-0.3, -0.25) is 14.3 Å². The van der Waals surface area contributed by atoms with Crippen molar-refractivity contribution in [3.63, 3.8) is 0 Å². The maximum Gasteiger partial charge on any atom is 0.255 e. The summed E-state index contributed by atoms with van der Waals surface area (Å²) in [6.45, 7) is 6.85. The Bertz CT molecular complexity index is 1590. The normalized spacial score (nSPS) is 14.1. The second kappa shape index (κ2) is 10.7. The lowest BCUT2D eigenvalue weighted by molar-refractivity contribution is 0.102. The lowest BCUT2D eigenvalue weighted by Gasteiger charge is -2.36. The largest absolute Gasteiger partial charge is 0.369 e. The quantitative estimate of drug-likeness (QED) is 0.297. The standard InChI is InChI=1S/C32H30FN5O/c1-23-34-30-16-9-25(21-31(30)38(23)29-14-10-26(33)11-15-29)32(39)35-27-12-7-24(8-13-27)22-36-17-19-37(20-18-36)28-5-3-2-4-6-28/h2-16,21H,17-20,22H2,1H3,(H,35,39). The molecule has 6 nitrogen and oxygen atoms in total. The van der Waals surface area contributed by atoms with Crippen LogP contribution in [0.4, 0.5) is 15.8 Å². The Morgan fingerprint density at radius 2 is 1.56 bits per heavy atom. The predicted octanol–water partition coefficient (Wildman–Crippen LogP) is 6.05. The Hall–Kier alpha value is -4.49. The zero-order valence-electron chi connectivity index (χ0n) is 21.8. The monoisotopic (exact) mass is 519 g/mol. The summed E-state index contributed by atoms with van der Waals surface area (Å²) in [6, 6.07) is 30.4. The summed E-state index contributed by atoms with van der Waals surface area (Å²) >= 11 is 0. The van der Waals surface area contributed by atoms with E-state index in [0.717, 1.165) is 61.0 Å². The summed E-state index contributed by atoms with van der Waals surface area (Å²) < 4.78 is 15.4. The van der Waals surface area contributed by atoms with Crippen molar-refractivity contribution in [1.82, 2.24) is 14.5 Å². The van der Waals surface area contributed by atoms with E-state index in [2.05, 4.69) is 62.6 Å². The van der Waals surface area contributed by atoms with Crippen molar-refractivity contribution in [2.45, 2.75) is 13.5 Å². The molecule has 0 aliphatic carbocycles. The van der Waals surface area contributed by atoms with Gasteiger partial charge in [0.05, 0.1) is 11.0 Å². The molecule has 196 valence electrons. The fourth-order valence-electron chi connectivity index (χ4n) is 5.21. The highest BCUT2D eigenvalue weighted by Gasteiger charge is 2.17. The number of rotatable bonds is 6. The van der Waals surface area contributed by atoms with Gasteiger partial charge in [-0.15, -0.1) is 0 Å². The zero-order chi connectivity index (χ0) is 26.8. The Labute approximate surface area is 227 Å². The van der Waals surface area contributed by atoms with E-state index in [9.17, 15) is 9.18 Å². The van der Waals surface area contributed by atoms with Gasteiger partial charge in [-0.05, 0) is 79.2 Å². The number of para-hydroxylation sites is 1. The first kappa shape index (κ1) is 24.8. The topological polar surface area (TPSA) is 53.4 Å².